The first-order valence-electron chi connectivity index (χ1n) is 10.6. The van der Waals surface area contributed by atoms with Crippen molar-refractivity contribution >= 4 is 51.4 Å². The van der Waals surface area contributed by atoms with Gasteiger partial charge in [0.1, 0.15) is 16.8 Å². The van der Waals surface area contributed by atoms with Crippen molar-refractivity contribution in [2.75, 3.05) is 32.5 Å². The zero-order chi connectivity index (χ0) is 25.4. The van der Waals surface area contributed by atoms with E-state index in [1.54, 1.807) is 18.2 Å². The van der Waals surface area contributed by atoms with E-state index >= 15 is 4.39 Å². The highest BCUT2D eigenvalue weighted by atomic mass is 35.5. The van der Waals surface area contributed by atoms with Crippen LogP contribution in [0, 0.1) is 5.82 Å². The van der Waals surface area contributed by atoms with E-state index in [-0.39, 0.29) is 39.9 Å². The molecule has 1 heterocycles. The number of carboxylic acid groups (broad SMARTS) is 1. The third kappa shape index (κ3) is 4.55. The van der Waals surface area contributed by atoms with Gasteiger partial charge in [0.25, 0.3) is 6.43 Å². The Morgan fingerprint density at radius 1 is 1.26 bits per heavy atom. The molecule has 35 heavy (non-hydrogen) atoms. The van der Waals surface area contributed by atoms with Gasteiger partial charge in [-0.2, -0.15) is 0 Å². The maximum absolute atomic E-state index is 15.8. The van der Waals surface area contributed by atoms with Gasteiger partial charge in [-0.15, -0.1) is 0 Å². The molecule has 1 aliphatic rings. The summed E-state index contributed by atoms with van der Waals surface area (Å²) in [4.78, 5) is 13.2. The van der Waals surface area contributed by atoms with Crippen molar-refractivity contribution in [3.05, 3.63) is 58.9 Å². The van der Waals surface area contributed by atoms with Gasteiger partial charge in [0.2, 0.25) is 0 Å². The van der Waals surface area contributed by atoms with Gasteiger partial charge in [0.15, 0.2) is 5.82 Å². The molecule has 0 radical (unpaired) electrons. The number of halogens is 4. The van der Waals surface area contributed by atoms with Gasteiger partial charge < -0.3 is 25.4 Å². The maximum Gasteiger partial charge on any atom is 0.407 e. The van der Waals surface area contributed by atoms with E-state index in [4.69, 9.17) is 34.3 Å². The lowest BCUT2D eigenvalue weighted by Crippen LogP contribution is -2.58. The zero-order valence-corrected chi connectivity index (χ0v) is 20.0. The third-order valence-electron chi connectivity index (χ3n) is 6.07. The normalized spacial score (nSPS) is 16.1. The number of alkyl halides is 2. The smallest absolute Gasteiger partial charge is 0.407 e. The summed E-state index contributed by atoms with van der Waals surface area (Å²) in [5, 5.41) is 10.7. The number of thiocarbonyl (C=S) groups is 1. The number of amides is 1. The van der Waals surface area contributed by atoms with Crippen LogP contribution in [0.15, 0.2) is 42.5 Å². The molecule has 0 spiro atoms. The standard InChI is InChI=1S/C24H21ClF3N3O3S/c1-34-13-8-12-4-2-3-5-14(12)15(9-13)19-17(25)10-16(21(29)20(19)26)23(35)31-7-6-30(24(32)33)11-18(31)22(27)28/h2-5,8-10,18,22H,6-7,11,29H2,1H3,(H,32,33)/t18-/m0/s1. The van der Waals surface area contributed by atoms with Crippen molar-refractivity contribution in [2.45, 2.75) is 12.5 Å². The molecular formula is C24H21ClF3N3O3S. The molecule has 1 atom stereocenters. The van der Waals surface area contributed by atoms with Crippen molar-refractivity contribution in [1.29, 1.82) is 0 Å². The predicted molar refractivity (Wildman–Crippen MR) is 133 cm³/mol. The molecule has 0 unspecified atom stereocenters. The highest BCUT2D eigenvalue weighted by Gasteiger charge is 2.37. The number of nitrogens with two attached hydrogens (primary N) is 1. The second-order valence-corrected chi connectivity index (χ2v) is 8.83. The van der Waals surface area contributed by atoms with Crippen LogP contribution in [0.1, 0.15) is 5.56 Å². The summed E-state index contributed by atoms with van der Waals surface area (Å²) in [5.41, 5.74) is 6.28. The Labute approximate surface area is 209 Å². The number of rotatable bonds is 4. The molecule has 184 valence electrons. The van der Waals surface area contributed by atoms with E-state index in [1.807, 2.05) is 18.2 Å². The second kappa shape index (κ2) is 9.79. The van der Waals surface area contributed by atoms with E-state index in [2.05, 4.69) is 0 Å². The first-order valence-corrected chi connectivity index (χ1v) is 11.3. The quantitative estimate of drug-likeness (QED) is 0.347. The molecule has 0 aromatic heterocycles. The summed E-state index contributed by atoms with van der Waals surface area (Å²) in [6.45, 7) is -0.582. The Morgan fingerprint density at radius 3 is 2.63 bits per heavy atom. The van der Waals surface area contributed by atoms with Gasteiger partial charge in [0, 0.05) is 30.8 Å². The predicted octanol–water partition coefficient (Wildman–Crippen LogP) is 5.49. The van der Waals surface area contributed by atoms with Crippen LogP contribution in [0.25, 0.3) is 21.9 Å². The number of hydrogen-bond acceptors (Lipinski definition) is 4. The van der Waals surface area contributed by atoms with E-state index < -0.39 is 30.9 Å². The molecule has 3 aromatic carbocycles. The number of methoxy groups -OCH3 is 1. The lowest BCUT2D eigenvalue weighted by molar-refractivity contribution is 0.0129. The van der Waals surface area contributed by atoms with Gasteiger partial charge in [-0.1, -0.05) is 48.1 Å². The van der Waals surface area contributed by atoms with Gasteiger partial charge in [0.05, 0.1) is 17.8 Å². The summed E-state index contributed by atoms with van der Waals surface area (Å²) < 4.78 is 48.7. The lowest BCUT2D eigenvalue weighted by atomic mass is 9.95. The number of nitrogen functional groups attached to an aromatic ring is 1. The van der Waals surface area contributed by atoms with Crippen LogP contribution in [0.3, 0.4) is 0 Å². The minimum Gasteiger partial charge on any atom is -0.497 e. The highest BCUT2D eigenvalue weighted by molar-refractivity contribution is 7.80. The molecule has 1 aliphatic heterocycles. The number of benzene rings is 3. The molecule has 0 saturated carbocycles. The van der Waals surface area contributed by atoms with Crippen LogP contribution in [-0.2, 0) is 0 Å². The molecule has 4 rings (SSSR count). The summed E-state index contributed by atoms with van der Waals surface area (Å²) in [6, 6.07) is 10.6. The first kappa shape index (κ1) is 24.9. The minimum absolute atomic E-state index is 0.00660. The van der Waals surface area contributed by atoms with Crippen LogP contribution in [0.2, 0.25) is 5.02 Å². The molecule has 1 fully saturated rings. The molecule has 6 nitrogen and oxygen atoms in total. The summed E-state index contributed by atoms with van der Waals surface area (Å²) in [7, 11) is 1.49. The Bertz CT molecular complexity index is 1320. The molecule has 1 amide bonds. The Morgan fingerprint density at radius 2 is 1.97 bits per heavy atom. The third-order valence-corrected chi connectivity index (χ3v) is 6.82. The molecule has 1 saturated heterocycles. The summed E-state index contributed by atoms with van der Waals surface area (Å²) >= 11 is 12.0. The fourth-order valence-corrected chi connectivity index (χ4v) is 4.96. The van der Waals surface area contributed by atoms with Crippen molar-refractivity contribution < 1.29 is 27.8 Å². The number of carbonyl (C=O) groups is 1. The van der Waals surface area contributed by atoms with Crippen LogP contribution in [0.5, 0.6) is 5.75 Å². The SMILES string of the molecule is COc1cc(-c2c(Cl)cc(C(=S)N3CCN(C(=O)O)C[C@H]3C(F)F)c(N)c2F)c2ccccc2c1. The molecule has 0 aliphatic carbocycles. The Balaban J connectivity index is 1.79. The second-order valence-electron chi connectivity index (χ2n) is 8.03. The van der Waals surface area contributed by atoms with Crippen molar-refractivity contribution in [3.8, 4) is 16.9 Å². The van der Waals surface area contributed by atoms with Crippen molar-refractivity contribution in [1.82, 2.24) is 9.80 Å². The maximum atomic E-state index is 15.8. The van der Waals surface area contributed by atoms with Gasteiger partial charge in [-0.25, -0.2) is 18.0 Å². The number of anilines is 1. The first-order chi connectivity index (χ1) is 16.6. The van der Waals surface area contributed by atoms with Crippen molar-refractivity contribution in [2.24, 2.45) is 0 Å². The fraction of sp³-hybridized carbons (Fsp3) is 0.250. The molecule has 3 aromatic rings. The minimum atomic E-state index is -2.89. The Hall–Kier alpha value is -3.24. The molecule has 3 N–H and O–H groups in total. The lowest BCUT2D eigenvalue weighted by Gasteiger charge is -2.41. The fourth-order valence-electron chi connectivity index (χ4n) is 4.27. The monoisotopic (exact) mass is 523 g/mol. The summed E-state index contributed by atoms with van der Waals surface area (Å²) in [6.07, 6.45) is -4.19. The van der Waals surface area contributed by atoms with Gasteiger partial charge in [-0.3, -0.25) is 0 Å². The largest absolute Gasteiger partial charge is 0.497 e. The summed E-state index contributed by atoms with van der Waals surface area (Å²) in [5.74, 6) is -0.352. The van der Waals surface area contributed by atoms with E-state index in [1.165, 1.54) is 18.1 Å². The van der Waals surface area contributed by atoms with Gasteiger partial charge in [-0.05, 0) is 34.5 Å². The van der Waals surface area contributed by atoms with E-state index in [9.17, 15) is 18.7 Å². The average molecular weight is 524 g/mol. The molecular weight excluding hydrogens is 503 g/mol. The highest BCUT2D eigenvalue weighted by Crippen LogP contribution is 2.41. The number of piperazine rings is 1. The topological polar surface area (TPSA) is 79.0 Å². The van der Waals surface area contributed by atoms with Crippen LogP contribution in [-0.4, -0.2) is 65.2 Å². The van der Waals surface area contributed by atoms with Crippen LogP contribution >= 0.6 is 23.8 Å². The van der Waals surface area contributed by atoms with Crippen LogP contribution in [0.4, 0.5) is 23.7 Å². The number of ether oxygens (including phenoxy) is 1. The number of hydrogen-bond donors (Lipinski definition) is 2. The zero-order valence-electron chi connectivity index (χ0n) is 18.5. The van der Waals surface area contributed by atoms with Crippen LogP contribution < -0.4 is 10.5 Å². The van der Waals surface area contributed by atoms with Crippen molar-refractivity contribution in [3.63, 3.8) is 0 Å². The number of fused-ring (bicyclic) bond motifs is 1. The number of nitrogens with zero attached hydrogens (tertiary/aromatic N) is 2. The average Bonchev–Trinajstić information content (AvgIpc) is 2.85. The molecule has 0 bridgehead atoms. The Kier molecular flexibility index (Phi) is 6.95. The molecule has 11 heteroatoms. The van der Waals surface area contributed by atoms with Gasteiger partial charge >= 0.3 is 6.09 Å². The van der Waals surface area contributed by atoms with E-state index in [0.717, 1.165) is 10.3 Å². The van der Waals surface area contributed by atoms with E-state index in [0.29, 0.717) is 16.7 Å².